The van der Waals surface area contributed by atoms with Crippen LogP contribution < -0.4 is 4.90 Å². The number of rotatable bonds is 1. The van der Waals surface area contributed by atoms with E-state index in [0.29, 0.717) is 6.04 Å². The molecule has 2 heteroatoms. The van der Waals surface area contributed by atoms with E-state index in [1.165, 1.54) is 29.7 Å². The number of hydrogen-bond acceptors (Lipinski definition) is 1. The van der Waals surface area contributed by atoms with Gasteiger partial charge in [-0.25, -0.2) is 0 Å². The monoisotopic (exact) mass is 241 g/mol. The first-order chi connectivity index (χ1) is 8.36. The molecule has 0 fully saturated rings. The molecule has 3 rings (SSSR count). The Morgan fingerprint density at radius 1 is 0.944 bits per heavy atom. The minimum atomic E-state index is 0. The molecule has 1 atom stereocenters. The van der Waals surface area contributed by atoms with Gasteiger partial charge in [0.1, 0.15) is 0 Å². The van der Waals surface area contributed by atoms with E-state index in [9.17, 15) is 0 Å². The Kier molecular flexibility index (Phi) is 3.68. The number of aryl methyl sites for hydroxylation is 1. The molecule has 0 aliphatic carbocycles. The van der Waals surface area contributed by atoms with Crippen LogP contribution in [0.2, 0.25) is 0 Å². The van der Waals surface area contributed by atoms with Crippen LogP contribution in [-0.2, 0) is 6.42 Å². The first-order valence-electron chi connectivity index (χ1n) is 6.22. The van der Waals surface area contributed by atoms with Crippen molar-refractivity contribution in [2.24, 2.45) is 0 Å². The lowest BCUT2D eigenvalue weighted by atomic mass is 9.92. The van der Waals surface area contributed by atoms with Crippen molar-refractivity contribution in [1.82, 2.24) is 0 Å². The zero-order valence-corrected chi connectivity index (χ0v) is 10.6. The molecule has 2 aromatic rings. The van der Waals surface area contributed by atoms with Gasteiger partial charge in [0.15, 0.2) is 0 Å². The third-order valence-corrected chi connectivity index (χ3v) is 3.71. The molecule has 0 spiro atoms. The minimum absolute atomic E-state index is 0. The van der Waals surface area contributed by atoms with Crippen LogP contribution >= 0.6 is 0 Å². The fourth-order valence-electron chi connectivity index (χ4n) is 2.79. The zero-order chi connectivity index (χ0) is 11.7. The summed E-state index contributed by atoms with van der Waals surface area (Å²) in [5.41, 5.74) is 4.28. The summed E-state index contributed by atoms with van der Waals surface area (Å²) in [6.45, 7) is 0. The van der Waals surface area contributed by atoms with Crippen molar-refractivity contribution in [3.05, 3.63) is 65.7 Å². The van der Waals surface area contributed by atoms with Crippen LogP contribution in [0.1, 0.15) is 23.6 Å². The number of nitrogens with zero attached hydrogens (tertiary/aromatic N) is 1. The summed E-state index contributed by atoms with van der Waals surface area (Å²) >= 11 is 0. The molecule has 0 radical (unpaired) electrons. The van der Waals surface area contributed by atoms with Gasteiger partial charge in [0.2, 0.25) is 0 Å². The summed E-state index contributed by atoms with van der Waals surface area (Å²) in [5, 5.41) is 0. The minimum Gasteiger partial charge on any atom is -0.412 e. The largest absolute Gasteiger partial charge is 0.412 e. The van der Waals surface area contributed by atoms with E-state index < -0.39 is 0 Å². The van der Waals surface area contributed by atoms with Gasteiger partial charge in [-0.2, -0.15) is 0 Å². The topological polar surface area (TPSA) is 34.7 Å². The maximum Gasteiger partial charge on any atom is 0.0542 e. The van der Waals surface area contributed by atoms with Crippen molar-refractivity contribution >= 4 is 5.69 Å². The van der Waals surface area contributed by atoms with Crippen molar-refractivity contribution in [3.8, 4) is 0 Å². The summed E-state index contributed by atoms with van der Waals surface area (Å²) in [6, 6.07) is 20.1. The normalized spacial score (nSPS) is 17.8. The predicted octanol–water partition coefficient (Wildman–Crippen LogP) is 2.99. The van der Waals surface area contributed by atoms with Gasteiger partial charge >= 0.3 is 0 Å². The van der Waals surface area contributed by atoms with Crippen LogP contribution in [0.3, 0.4) is 0 Å². The van der Waals surface area contributed by atoms with Gasteiger partial charge < -0.3 is 10.4 Å². The molecule has 1 heterocycles. The average Bonchev–Trinajstić information content (AvgIpc) is 2.40. The molecule has 1 unspecified atom stereocenters. The van der Waals surface area contributed by atoms with E-state index in [1.54, 1.807) is 0 Å². The Morgan fingerprint density at radius 3 is 2.39 bits per heavy atom. The van der Waals surface area contributed by atoms with E-state index in [-0.39, 0.29) is 5.48 Å². The van der Waals surface area contributed by atoms with E-state index in [2.05, 4.69) is 66.5 Å². The molecule has 1 aliphatic heterocycles. The highest BCUT2D eigenvalue weighted by Gasteiger charge is 2.23. The Morgan fingerprint density at radius 2 is 1.61 bits per heavy atom. The number of benzene rings is 2. The number of fused-ring (bicyclic) bond motifs is 1. The number of para-hydroxylation sites is 1. The summed E-state index contributed by atoms with van der Waals surface area (Å²) in [7, 11) is 2.20. The molecule has 2 nitrogen and oxygen atoms in total. The van der Waals surface area contributed by atoms with Crippen molar-refractivity contribution in [3.63, 3.8) is 0 Å². The van der Waals surface area contributed by atoms with E-state index in [0.717, 1.165) is 0 Å². The lowest BCUT2D eigenvalue weighted by molar-refractivity contribution is 0.584. The Bertz CT molecular complexity index is 510. The standard InChI is InChI=1S/C16H17N.H2O/c1-17-15-10-6-5-9-14(15)11-12-16(17)13-7-3-2-4-8-13;/h2-10,16H,11-12H2,1H3;1H2. The first-order valence-corrected chi connectivity index (χ1v) is 6.22. The van der Waals surface area contributed by atoms with Gasteiger partial charge in [-0.15, -0.1) is 0 Å². The second-order valence-corrected chi connectivity index (χ2v) is 4.70. The fraction of sp³-hybridized carbons (Fsp3) is 0.250. The van der Waals surface area contributed by atoms with Crippen molar-refractivity contribution in [2.75, 3.05) is 11.9 Å². The molecule has 0 saturated heterocycles. The molecule has 0 saturated carbocycles. The Balaban J connectivity index is 0.00000120. The second kappa shape index (κ2) is 5.23. The highest BCUT2D eigenvalue weighted by Crippen LogP contribution is 2.36. The van der Waals surface area contributed by atoms with Gasteiger partial charge in [0.05, 0.1) is 6.04 Å². The molecule has 94 valence electrons. The van der Waals surface area contributed by atoms with Crippen LogP contribution in [0.25, 0.3) is 0 Å². The molecule has 18 heavy (non-hydrogen) atoms. The maximum absolute atomic E-state index is 2.41. The maximum atomic E-state index is 2.41. The highest BCUT2D eigenvalue weighted by molar-refractivity contribution is 5.56. The van der Waals surface area contributed by atoms with Crippen LogP contribution in [0.15, 0.2) is 54.6 Å². The Hall–Kier alpha value is -1.80. The first kappa shape index (κ1) is 12.7. The van der Waals surface area contributed by atoms with E-state index >= 15 is 0 Å². The summed E-state index contributed by atoms with van der Waals surface area (Å²) in [6.07, 6.45) is 2.39. The summed E-state index contributed by atoms with van der Waals surface area (Å²) < 4.78 is 0. The zero-order valence-electron chi connectivity index (χ0n) is 10.6. The third kappa shape index (κ3) is 2.12. The molecule has 2 aromatic carbocycles. The fourth-order valence-corrected chi connectivity index (χ4v) is 2.79. The SMILES string of the molecule is CN1c2ccccc2CCC1c1ccccc1.O. The predicted molar refractivity (Wildman–Crippen MR) is 76.0 cm³/mol. The van der Waals surface area contributed by atoms with Crippen molar-refractivity contribution < 1.29 is 5.48 Å². The van der Waals surface area contributed by atoms with Crippen LogP contribution in [0.5, 0.6) is 0 Å². The molecule has 2 N–H and O–H groups in total. The van der Waals surface area contributed by atoms with Gasteiger partial charge in [-0.1, -0.05) is 48.5 Å². The van der Waals surface area contributed by atoms with E-state index in [1.807, 2.05) is 0 Å². The van der Waals surface area contributed by atoms with E-state index in [4.69, 9.17) is 0 Å². The average molecular weight is 241 g/mol. The van der Waals surface area contributed by atoms with Gasteiger partial charge in [0, 0.05) is 12.7 Å². The molecule has 1 aliphatic rings. The smallest absolute Gasteiger partial charge is 0.0542 e. The van der Waals surface area contributed by atoms with Crippen LogP contribution in [0.4, 0.5) is 5.69 Å². The molecular weight excluding hydrogens is 222 g/mol. The van der Waals surface area contributed by atoms with Crippen LogP contribution in [0, 0.1) is 0 Å². The summed E-state index contributed by atoms with van der Waals surface area (Å²) in [5.74, 6) is 0. The number of anilines is 1. The molecule has 0 amide bonds. The van der Waals surface area contributed by atoms with Gasteiger partial charge in [0.25, 0.3) is 0 Å². The highest BCUT2D eigenvalue weighted by atomic mass is 16.0. The van der Waals surface area contributed by atoms with Crippen molar-refractivity contribution in [1.29, 1.82) is 0 Å². The Labute approximate surface area is 108 Å². The second-order valence-electron chi connectivity index (χ2n) is 4.70. The van der Waals surface area contributed by atoms with Crippen LogP contribution in [-0.4, -0.2) is 12.5 Å². The van der Waals surface area contributed by atoms with Crippen molar-refractivity contribution in [2.45, 2.75) is 18.9 Å². The number of hydrogen-bond donors (Lipinski definition) is 0. The molecule has 0 aromatic heterocycles. The lowest BCUT2D eigenvalue weighted by Gasteiger charge is -2.36. The van der Waals surface area contributed by atoms with Gasteiger partial charge in [-0.3, -0.25) is 0 Å². The van der Waals surface area contributed by atoms with Gasteiger partial charge in [-0.05, 0) is 30.0 Å². The quantitative estimate of drug-likeness (QED) is 0.755. The molecule has 0 bridgehead atoms. The summed E-state index contributed by atoms with van der Waals surface area (Å²) in [4.78, 5) is 2.41. The molecular formula is C16H19NO. The third-order valence-electron chi connectivity index (χ3n) is 3.71. The lowest BCUT2D eigenvalue weighted by Crippen LogP contribution is -2.29.